The minimum absolute atomic E-state index is 0.00510. The Kier molecular flexibility index (Phi) is 3.99. The van der Waals surface area contributed by atoms with Gasteiger partial charge in [0.25, 0.3) is 0 Å². The number of carbonyl (C=O) groups excluding carboxylic acids is 2. The monoisotopic (exact) mass is 333 g/mol. The summed E-state index contributed by atoms with van der Waals surface area (Å²) in [4.78, 5) is 31.2. The molecule has 1 unspecified atom stereocenters. The van der Waals surface area contributed by atoms with Crippen LogP contribution in [-0.4, -0.2) is 55.3 Å². The van der Waals surface area contributed by atoms with E-state index in [1.54, 1.807) is 9.58 Å². The van der Waals surface area contributed by atoms with Gasteiger partial charge in [-0.25, -0.2) is 9.67 Å². The van der Waals surface area contributed by atoms with E-state index < -0.39 is 0 Å². The fourth-order valence-electron chi connectivity index (χ4n) is 3.58. The molecule has 1 atom stereocenters. The van der Waals surface area contributed by atoms with Crippen molar-refractivity contribution < 1.29 is 14.7 Å². The second-order valence-corrected chi connectivity index (χ2v) is 7.23. The number of amides is 2. The Morgan fingerprint density at radius 1 is 1.21 bits per heavy atom. The van der Waals surface area contributed by atoms with E-state index in [0.29, 0.717) is 38.3 Å². The molecule has 2 amide bonds. The van der Waals surface area contributed by atoms with E-state index in [0.717, 1.165) is 19.3 Å². The summed E-state index contributed by atoms with van der Waals surface area (Å²) >= 11 is 0. The van der Waals surface area contributed by atoms with Crippen molar-refractivity contribution in [1.29, 1.82) is 0 Å². The van der Waals surface area contributed by atoms with Crippen LogP contribution in [0.25, 0.3) is 0 Å². The van der Waals surface area contributed by atoms with Crippen LogP contribution >= 0.6 is 0 Å². The molecule has 0 spiro atoms. The van der Waals surface area contributed by atoms with Crippen molar-refractivity contribution in [1.82, 2.24) is 25.0 Å². The number of aromatic nitrogens is 3. The van der Waals surface area contributed by atoms with Crippen molar-refractivity contribution in [3.63, 3.8) is 0 Å². The quantitative estimate of drug-likeness (QED) is 0.789. The normalized spacial score (nSPS) is 29.9. The minimum atomic E-state index is -0.368. The molecule has 2 fully saturated rings. The molecule has 2 saturated carbocycles. The Morgan fingerprint density at radius 3 is 2.67 bits per heavy atom. The molecule has 2 heterocycles. The SMILES string of the molecule is O=C(NC1CCC1)C1CN(C(=O)C2CC(O)C2)Cc2ncnn2C1. The lowest BCUT2D eigenvalue weighted by Crippen LogP contribution is -2.49. The van der Waals surface area contributed by atoms with Crippen molar-refractivity contribution in [3.8, 4) is 0 Å². The molecule has 0 aromatic carbocycles. The van der Waals surface area contributed by atoms with Gasteiger partial charge >= 0.3 is 0 Å². The average Bonchev–Trinajstić information content (AvgIpc) is 2.84. The second-order valence-electron chi connectivity index (χ2n) is 7.23. The van der Waals surface area contributed by atoms with Gasteiger partial charge in [0.05, 0.1) is 25.1 Å². The van der Waals surface area contributed by atoms with Crippen LogP contribution in [0, 0.1) is 11.8 Å². The van der Waals surface area contributed by atoms with E-state index in [1.165, 1.54) is 6.33 Å². The first-order valence-electron chi connectivity index (χ1n) is 8.74. The molecule has 0 bridgehead atoms. The summed E-state index contributed by atoms with van der Waals surface area (Å²) < 4.78 is 1.73. The van der Waals surface area contributed by atoms with Gasteiger partial charge in [-0.15, -0.1) is 0 Å². The average molecular weight is 333 g/mol. The Morgan fingerprint density at radius 2 is 2.00 bits per heavy atom. The Hall–Kier alpha value is -1.96. The van der Waals surface area contributed by atoms with Gasteiger partial charge in [-0.05, 0) is 32.1 Å². The summed E-state index contributed by atoms with van der Waals surface area (Å²) in [6.45, 7) is 1.21. The molecule has 1 aliphatic heterocycles. The zero-order chi connectivity index (χ0) is 16.7. The minimum Gasteiger partial charge on any atom is -0.393 e. The van der Waals surface area contributed by atoms with E-state index in [1.807, 2.05) is 0 Å². The van der Waals surface area contributed by atoms with Gasteiger partial charge in [0.2, 0.25) is 11.8 Å². The van der Waals surface area contributed by atoms with E-state index in [4.69, 9.17) is 0 Å². The van der Waals surface area contributed by atoms with Crippen LogP contribution in [0.2, 0.25) is 0 Å². The Labute approximate surface area is 140 Å². The molecule has 24 heavy (non-hydrogen) atoms. The first-order chi connectivity index (χ1) is 11.6. The largest absolute Gasteiger partial charge is 0.393 e. The van der Waals surface area contributed by atoms with Gasteiger partial charge in [-0.3, -0.25) is 9.59 Å². The third kappa shape index (κ3) is 2.90. The smallest absolute Gasteiger partial charge is 0.226 e. The first kappa shape index (κ1) is 15.6. The maximum atomic E-state index is 12.7. The molecular formula is C16H23N5O3. The number of nitrogens with zero attached hydrogens (tertiary/aromatic N) is 4. The third-order valence-corrected chi connectivity index (χ3v) is 5.46. The summed E-state index contributed by atoms with van der Waals surface area (Å²) in [6, 6.07) is 0.280. The molecular weight excluding hydrogens is 310 g/mol. The van der Waals surface area contributed by atoms with Crippen molar-refractivity contribution in [2.45, 2.75) is 57.3 Å². The number of carbonyl (C=O) groups is 2. The number of aliphatic hydroxyl groups is 1. The van der Waals surface area contributed by atoms with Crippen LogP contribution in [0.5, 0.6) is 0 Å². The zero-order valence-electron chi connectivity index (χ0n) is 13.6. The van der Waals surface area contributed by atoms with Crippen molar-refractivity contribution in [2.24, 2.45) is 11.8 Å². The highest BCUT2D eigenvalue weighted by Gasteiger charge is 2.39. The fraction of sp³-hybridized carbons (Fsp3) is 0.750. The van der Waals surface area contributed by atoms with Crippen molar-refractivity contribution in [2.75, 3.05) is 6.54 Å². The topological polar surface area (TPSA) is 100 Å². The van der Waals surface area contributed by atoms with E-state index in [2.05, 4.69) is 15.4 Å². The number of nitrogens with one attached hydrogen (secondary N) is 1. The van der Waals surface area contributed by atoms with Gasteiger partial charge in [-0.1, -0.05) is 0 Å². The van der Waals surface area contributed by atoms with Crippen LogP contribution in [0.4, 0.5) is 0 Å². The predicted molar refractivity (Wildman–Crippen MR) is 83.4 cm³/mol. The number of hydrogen-bond donors (Lipinski definition) is 2. The molecule has 130 valence electrons. The number of hydrogen-bond acceptors (Lipinski definition) is 5. The summed E-state index contributed by atoms with van der Waals surface area (Å²) in [5, 5.41) is 16.7. The van der Waals surface area contributed by atoms with Gasteiger partial charge in [0.15, 0.2) is 0 Å². The molecule has 3 aliphatic rings. The first-order valence-corrected chi connectivity index (χ1v) is 8.74. The lowest BCUT2D eigenvalue weighted by atomic mass is 9.81. The van der Waals surface area contributed by atoms with Crippen LogP contribution in [0.3, 0.4) is 0 Å². The molecule has 8 nitrogen and oxygen atoms in total. The fourth-order valence-corrected chi connectivity index (χ4v) is 3.58. The highest BCUT2D eigenvalue weighted by Crippen LogP contribution is 2.30. The van der Waals surface area contributed by atoms with Crippen LogP contribution in [0.1, 0.15) is 37.9 Å². The van der Waals surface area contributed by atoms with E-state index >= 15 is 0 Å². The predicted octanol–water partition coefficient (Wildman–Crippen LogP) is -0.324. The zero-order valence-corrected chi connectivity index (χ0v) is 13.6. The molecule has 0 radical (unpaired) electrons. The lowest BCUT2D eigenvalue weighted by molar-refractivity contribution is -0.144. The van der Waals surface area contributed by atoms with Gasteiger partial charge in [-0.2, -0.15) is 5.10 Å². The summed E-state index contributed by atoms with van der Waals surface area (Å²) in [7, 11) is 0. The number of fused-ring (bicyclic) bond motifs is 1. The Balaban J connectivity index is 1.49. The molecule has 2 aliphatic carbocycles. The van der Waals surface area contributed by atoms with E-state index in [9.17, 15) is 14.7 Å². The maximum absolute atomic E-state index is 12.7. The van der Waals surface area contributed by atoms with Crippen LogP contribution in [-0.2, 0) is 22.7 Å². The van der Waals surface area contributed by atoms with Crippen molar-refractivity contribution >= 4 is 11.8 Å². The molecule has 1 aromatic rings. The summed E-state index contributed by atoms with van der Waals surface area (Å²) in [5.41, 5.74) is 0. The molecule has 2 N–H and O–H groups in total. The standard InChI is InChI=1S/C16H23N5O3/c22-13-4-10(5-13)16(24)20-6-11(15(23)19-12-2-1-3-12)7-21-14(8-20)17-9-18-21/h9-13,22H,1-8H2,(H,19,23). The highest BCUT2D eigenvalue weighted by atomic mass is 16.3. The van der Waals surface area contributed by atoms with Gasteiger partial charge in [0, 0.05) is 18.5 Å². The van der Waals surface area contributed by atoms with E-state index in [-0.39, 0.29) is 35.8 Å². The highest BCUT2D eigenvalue weighted by molar-refractivity contribution is 5.82. The summed E-state index contributed by atoms with van der Waals surface area (Å²) in [5.74, 6) is 0.266. The number of rotatable bonds is 3. The summed E-state index contributed by atoms with van der Waals surface area (Å²) in [6.07, 6.45) is 5.37. The Bertz CT molecular complexity index is 635. The van der Waals surface area contributed by atoms with Crippen LogP contribution in [0.15, 0.2) is 6.33 Å². The molecule has 1 aromatic heterocycles. The van der Waals surface area contributed by atoms with Crippen LogP contribution < -0.4 is 5.32 Å². The second kappa shape index (κ2) is 6.16. The van der Waals surface area contributed by atoms with Gasteiger partial charge in [0.1, 0.15) is 12.2 Å². The molecule has 8 heteroatoms. The molecule has 0 saturated heterocycles. The molecule has 4 rings (SSSR count). The lowest BCUT2D eigenvalue weighted by Gasteiger charge is -2.35. The third-order valence-electron chi connectivity index (χ3n) is 5.46. The van der Waals surface area contributed by atoms with Crippen molar-refractivity contribution in [3.05, 3.63) is 12.2 Å². The number of aliphatic hydroxyl groups excluding tert-OH is 1. The maximum Gasteiger partial charge on any atom is 0.226 e. The van der Waals surface area contributed by atoms with Gasteiger partial charge < -0.3 is 15.3 Å².